The summed E-state index contributed by atoms with van der Waals surface area (Å²) in [6, 6.07) is 9.56. The number of fused-ring (bicyclic) bond motifs is 1. The van der Waals surface area contributed by atoms with Gasteiger partial charge in [-0.1, -0.05) is 29.4 Å². The Morgan fingerprint density at radius 2 is 1.75 bits per heavy atom. The van der Waals surface area contributed by atoms with Crippen molar-refractivity contribution in [3.63, 3.8) is 0 Å². The fraction of sp³-hybridized carbons (Fsp3) is 0.500. The van der Waals surface area contributed by atoms with Crippen LogP contribution in [0.2, 0.25) is 0 Å². The fourth-order valence-electron chi connectivity index (χ4n) is 3.68. The second-order valence-corrected chi connectivity index (χ2v) is 5.93. The fourth-order valence-corrected chi connectivity index (χ4v) is 3.68. The first-order valence-electron chi connectivity index (χ1n) is 7.47. The van der Waals surface area contributed by atoms with Crippen molar-refractivity contribution in [2.45, 2.75) is 37.6 Å². The molecule has 1 fully saturated rings. The maximum Gasteiger partial charge on any atom is 0.213 e. The highest BCUT2D eigenvalue weighted by Gasteiger charge is 2.31. The topological polar surface area (TPSA) is 42.2 Å². The molecule has 0 saturated carbocycles. The molecule has 1 saturated heterocycles. The van der Waals surface area contributed by atoms with E-state index in [9.17, 15) is 0 Å². The first-order valence-corrected chi connectivity index (χ1v) is 7.47. The van der Waals surface area contributed by atoms with Crippen LogP contribution in [0.1, 0.15) is 35.7 Å². The molecule has 0 N–H and O–H groups in total. The summed E-state index contributed by atoms with van der Waals surface area (Å²) in [7, 11) is 0. The van der Waals surface area contributed by atoms with Crippen LogP contribution in [-0.4, -0.2) is 34.2 Å². The summed E-state index contributed by atoms with van der Waals surface area (Å²) in [4.78, 5) is 6.85. The van der Waals surface area contributed by atoms with Gasteiger partial charge in [0.05, 0.1) is 0 Å². The van der Waals surface area contributed by atoms with Gasteiger partial charge in [0.25, 0.3) is 0 Å². The molecule has 4 rings (SSSR count). The summed E-state index contributed by atoms with van der Waals surface area (Å²) in [6.45, 7) is 2.30. The second kappa shape index (κ2) is 5.02. The Hall–Kier alpha value is -1.68. The van der Waals surface area contributed by atoms with E-state index in [1.165, 1.54) is 30.4 Å². The van der Waals surface area contributed by atoms with Crippen LogP contribution >= 0.6 is 0 Å². The maximum atomic E-state index is 4.86. The molecule has 0 atom stereocenters. The van der Waals surface area contributed by atoms with Gasteiger partial charge in [0.15, 0.2) is 5.82 Å². The summed E-state index contributed by atoms with van der Waals surface area (Å²) in [5.74, 6) is 1.37. The SMILES string of the molecule is c1ccc2c(c1)CC(N1CCC(c3ncon3)CC1)C2. The molecule has 2 aromatic rings. The minimum atomic E-state index is 0.480. The van der Waals surface area contributed by atoms with Crippen molar-refractivity contribution in [3.05, 3.63) is 47.6 Å². The van der Waals surface area contributed by atoms with Crippen molar-refractivity contribution < 1.29 is 4.52 Å². The van der Waals surface area contributed by atoms with E-state index in [0.717, 1.165) is 31.8 Å². The number of nitrogens with zero attached hydrogens (tertiary/aromatic N) is 3. The van der Waals surface area contributed by atoms with Gasteiger partial charge in [-0.25, -0.2) is 0 Å². The van der Waals surface area contributed by atoms with E-state index in [2.05, 4.69) is 39.3 Å². The summed E-state index contributed by atoms with van der Waals surface area (Å²) in [5, 5.41) is 3.99. The Kier molecular flexibility index (Phi) is 3.03. The predicted molar refractivity (Wildman–Crippen MR) is 75.5 cm³/mol. The molecule has 4 heteroatoms. The van der Waals surface area contributed by atoms with Gasteiger partial charge in [0, 0.05) is 12.0 Å². The van der Waals surface area contributed by atoms with Gasteiger partial charge >= 0.3 is 0 Å². The third kappa shape index (κ3) is 2.14. The van der Waals surface area contributed by atoms with Gasteiger partial charge in [0.1, 0.15) is 0 Å². The Morgan fingerprint density at radius 3 is 2.35 bits per heavy atom. The first-order chi connectivity index (χ1) is 9.90. The van der Waals surface area contributed by atoms with Crippen LogP contribution in [0.5, 0.6) is 0 Å². The lowest BCUT2D eigenvalue weighted by molar-refractivity contribution is 0.153. The standard InChI is InChI=1S/C16H19N3O/c1-2-4-14-10-15(9-13(14)3-1)19-7-5-12(6-8-19)16-17-11-20-18-16/h1-4,11-12,15H,5-10H2. The molecule has 2 heterocycles. The summed E-state index contributed by atoms with van der Waals surface area (Å²) < 4.78 is 4.86. The zero-order valence-corrected chi connectivity index (χ0v) is 11.5. The molecule has 0 bridgehead atoms. The number of hydrogen-bond donors (Lipinski definition) is 0. The number of likely N-dealkylation sites (tertiary alicyclic amines) is 1. The molecule has 0 spiro atoms. The average Bonchev–Trinajstić information content (AvgIpc) is 3.17. The van der Waals surface area contributed by atoms with E-state index in [1.54, 1.807) is 0 Å². The lowest BCUT2D eigenvalue weighted by Gasteiger charge is -2.35. The molecule has 1 aliphatic carbocycles. The highest BCUT2D eigenvalue weighted by atomic mass is 16.5. The van der Waals surface area contributed by atoms with Crippen LogP contribution < -0.4 is 0 Å². The normalized spacial score (nSPS) is 21.2. The van der Waals surface area contributed by atoms with Gasteiger partial charge in [-0.3, -0.25) is 4.90 Å². The van der Waals surface area contributed by atoms with E-state index < -0.39 is 0 Å². The molecule has 4 nitrogen and oxygen atoms in total. The number of hydrogen-bond acceptors (Lipinski definition) is 4. The van der Waals surface area contributed by atoms with E-state index >= 15 is 0 Å². The Balaban J connectivity index is 1.39. The zero-order chi connectivity index (χ0) is 13.4. The van der Waals surface area contributed by atoms with Gasteiger partial charge in [-0.05, 0) is 49.9 Å². The number of piperidine rings is 1. The lowest BCUT2D eigenvalue weighted by atomic mass is 9.94. The van der Waals surface area contributed by atoms with Crippen LogP contribution in [0.3, 0.4) is 0 Å². The van der Waals surface area contributed by atoms with Crippen LogP contribution in [0.4, 0.5) is 0 Å². The quantitative estimate of drug-likeness (QED) is 0.839. The van der Waals surface area contributed by atoms with Gasteiger partial charge in [0.2, 0.25) is 6.39 Å². The number of aromatic nitrogens is 2. The van der Waals surface area contributed by atoms with Crippen molar-refractivity contribution in [1.82, 2.24) is 15.0 Å². The van der Waals surface area contributed by atoms with E-state index in [1.807, 2.05) is 0 Å². The predicted octanol–water partition coefficient (Wildman–Crippen LogP) is 2.42. The minimum absolute atomic E-state index is 0.480. The van der Waals surface area contributed by atoms with Gasteiger partial charge < -0.3 is 4.52 Å². The summed E-state index contributed by atoms with van der Waals surface area (Å²) >= 11 is 0. The molecule has 0 amide bonds. The van der Waals surface area contributed by atoms with Crippen LogP contribution in [-0.2, 0) is 12.8 Å². The molecule has 104 valence electrons. The molecule has 0 unspecified atom stereocenters. The van der Waals surface area contributed by atoms with Crippen LogP contribution in [0, 0.1) is 0 Å². The molecule has 1 aromatic heterocycles. The molecule has 1 aliphatic heterocycles. The van der Waals surface area contributed by atoms with E-state index in [4.69, 9.17) is 4.52 Å². The number of benzene rings is 1. The molecule has 0 radical (unpaired) electrons. The Morgan fingerprint density at radius 1 is 1.05 bits per heavy atom. The largest absolute Gasteiger partial charge is 0.343 e. The smallest absolute Gasteiger partial charge is 0.213 e. The third-order valence-electron chi connectivity index (χ3n) is 4.82. The third-order valence-corrected chi connectivity index (χ3v) is 4.82. The van der Waals surface area contributed by atoms with Crippen molar-refractivity contribution in [1.29, 1.82) is 0 Å². The maximum absolute atomic E-state index is 4.86. The highest BCUT2D eigenvalue weighted by molar-refractivity contribution is 5.33. The number of rotatable bonds is 2. The summed E-state index contributed by atoms with van der Waals surface area (Å²) in [5.41, 5.74) is 3.08. The van der Waals surface area contributed by atoms with Crippen LogP contribution in [0.25, 0.3) is 0 Å². The Labute approximate surface area is 118 Å². The second-order valence-electron chi connectivity index (χ2n) is 5.93. The van der Waals surface area contributed by atoms with E-state index in [0.29, 0.717) is 12.0 Å². The van der Waals surface area contributed by atoms with E-state index in [-0.39, 0.29) is 0 Å². The molecule has 20 heavy (non-hydrogen) atoms. The van der Waals surface area contributed by atoms with Gasteiger partial charge in [-0.15, -0.1) is 0 Å². The van der Waals surface area contributed by atoms with Gasteiger partial charge in [-0.2, -0.15) is 4.98 Å². The minimum Gasteiger partial charge on any atom is -0.343 e. The van der Waals surface area contributed by atoms with Crippen molar-refractivity contribution >= 4 is 0 Å². The molecular weight excluding hydrogens is 250 g/mol. The van der Waals surface area contributed by atoms with Crippen molar-refractivity contribution in [2.75, 3.05) is 13.1 Å². The molecule has 2 aliphatic rings. The molecular formula is C16H19N3O. The zero-order valence-electron chi connectivity index (χ0n) is 11.5. The average molecular weight is 269 g/mol. The lowest BCUT2D eigenvalue weighted by Crippen LogP contribution is -2.41. The monoisotopic (exact) mass is 269 g/mol. The highest BCUT2D eigenvalue weighted by Crippen LogP contribution is 2.31. The Bertz CT molecular complexity index is 548. The van der Waals surface area contributed by atoms with Crippen molar-refractivity contribution in [2.24, 2.45) is 0 Å². The van der Waals surface area contributed by atoms with Crippen LogP contribution in [0.15, 0.2) is 35.2 Å². The summed E-state index contributed by atoms with van der Waals surface area (Å²) in [6.07, 6.45) is 6.15. The van der Waals surface area contributed by atoms with Crippen molar-refractivity contribution in [3.8, 4) is 0 Å². The molecule has 1 aromatic carbocycles. The first kappa shape index (κ1) is 12.1.